The lowest BCUT2D eigenvalue weighted by Gasteiger charge is -2.34. The van der Waals surface area contributed by atoms with E-state index in [0.717, 1.165) is 53.5 Å². The molecule has 4 N–H and O–H groups in total. The second-order valence-corrected chi connectivity index (χ2v) is 10.8. The van der Waals surface area contributed by atoms with Crippen molar-refractivity contribution in [2.75, 3.05) is 25.4 Å². The van der Waals surface area contributed by atoms with Crippen LogP contribution in [0, 0.1) is 12.7 Å². The van der Waals surface area contributed by atoms with Crippen LogP contribution in [0.15, 0.2) is 60.8 Å². The van der Waals surface area contributed by atoms with Crippen LogP contribution in [0.4, 0.5) is 10.2 Å². The monoisotopic (exact) mass is 544 g/mol. The van der Waals surface area contributed by atoms with Gasteiger partial charge in [-0.2, -0.15) is 0 Å². The molecule has 1 aliphatic rings. The van der Waals surface area contributed by atoms with Gasteiger partial charge in [-0.3, -0.25) is 4.79 Å². The van der Waals surface area contributed by atoms with E-state index in [1.807, 2.05) is 28.5 Å². The van der Waals surface area contributed by atoms with E-state index in [0.29, 0.717) is 30.8 Å². The van der Waals surface area contributed by atoms with E-state index in [4.69, 9.17) is 5.73 Å². The number of hydrogen-bond donors (Lipinski definition) is 3. The van der Waals surface area contributed by atoms with Crippen LogP contribution in [0.25, 0.3) is 22.0 Å². The molecule has 0 aliphatic carbocycles. The van der Waals surface area contributed by atoms with Gasteiger partial charge in [0.15, 0.2) is 0 Å². The summed E-state index contributed by atoms with van der Waals surface area (Å²) in [7, 11) is 0. The number of nitrogens with zero attached hydrogens (tertiary/aromatic N) is 3. The van der Waals surface area contributed by atoms with E-state index in [9.17, 15) is 19.4 Å². The van der Waals surface area contributed by atoms with E-state index >= 15 is 0 Å². The Morgan fingerprint density at radius 2 is 1.93 bits per heavy atom. The highest BCUT2D eigenvalue weighted by Crippen LogP contribution is 2.37. The third-order valence-corrected chi connectivity index (χ3v) is 8.03. The molecule has 7 nitrogen and oxygen atoms in total. The molecule has 4 aromatic rings. The van der Waals surface area contributed by atoms with Crippen LogP contribution in [0.2, 0.25) is 0 Å². The van der Waals surface area contributed by atoms with Crippen molar-refractivity contribution in [3.63, 3.8) is 0 Å². The normalized spacial score (nSPS) is 16.4. The zero-order chi connectivity index (χ0) is 28.2. The van der Waals surface area contributed by atoms with Crippen molar-refractivity contribution in [1.82, 2.24) is 14.5 Å². The predicted octanol–water partition coefficient (Wildman–Crippen LogP) is 4.82. The third kappa shape index (κ3) is 5.88. The van der Waals surface area contributed by atoms with Crippen molar-refractivity contribution in [2.45, 2.75) is 57.6 Å². The first-order valence-electron chi connectivity index (χ1n) is 14.0. The third-order valence-electron chi connectivity index (χ3n) is 8.03. The molecule has 1 amide bonds. The summed E-state index contributed by atoms with van der Waals surface area (Å²) in [5.74, 6) is 0.317. The summed E-state index contributed by atoms with van der Waals surface area (Å²) < 4.78 is 16.8. The number of aromatic nitrogens is 2. The first kappa shape index (κ1) is 27.8. The number of fused-ring (bicyclic) bond motifs is 1. The maximum Gasteiger partial charge on any atom is 0.222 e. The number of piperidine rings is 1. The molecule has 2 unspecified atom stereocenters. The number of halogens is 1. The molecule has 40 heavy (non-hydrogen) atoms. The molecule has 1 saturated heterocycles. The van der Waals surface area contributed by atoms with Gasteiger partial charge in [0.25, 0.3) is 0 Å². The van der Waals surface area contributed by atoms with E-state index in [-0.39, 0.29) is 24.2 Å². The van der Waals surface area contributed by atoms with Gasteiger partial charge in [0.1, 0.15) is 11.6 Å². The van der Waals surface area contributed by atoms with Crippen molar-refractivity contribution >= 4 is 22.6 Å². The van der Waals surface area contributed by atoms with Gasteiger partial charge in [0, 0.05) is 48.3 Å². The number of likely N-dealkylation sites (tertiary alicyclic amines) is 1. The Morgan fingerprint density at radius 3 is 2.65 bits per heavy atom. The molecule has 1 fully saturated rings. The molecule has 0 spiro atoms. The fourth-order valence-electron chi connectivity index (χ4n) is 6.01. The van der Waals surface area contributed by atoms with E-state index in [1.165, 1.54) is 11.6 Å². The van der Waals surface area contributed by atoms with Gasteiger partial charge in [-0.25, -0.2) is 9.37 Å². The van der Waals surface area contributed by atoms with Crippen LogP contribution in [0.5, 0.6) is 0 Å². The lowest BCUT2D eigenvalue weighted by molar-refractivity contribution is -0.132. The van der Waals surface area contributed by atoms with Crippen molar-refractivity contribution in [3.05, 3.63) is 83.4 Å². The zero-order valence-electron chi connectivity index (χ0n) is 22.9. The second kappa shape index (κ2) is 12.2. The molecule has 2 aromatic heterocycles. The van der Waals surface area contributed by atoms with Crippen LogP contribution in [-0.4, -0.2) is 56.4 Å². The Kier molecular flexibility index (Phi) is 8.47. The molecule has 5 rings (SSSR count). The second-order valence-electron chi connectivity index (χ2n) is 10.8. The number of aryl methyl sites for hydroxylation is 2. The number of hydrogen-bond acceptors (Lipinski definition) is 5. The molecule has 2 atom stereocenters. The number of aliphatic hydroxyl groups excluding tert-OH is 2. The van der Waals surface area contributed by atoms with Gasteiger partial charge in [-0.15, -0.1) is 0 Å². The molecule has 8 heteroatoms. The number of pyridine rings is 1. The quantitative estimate of drug-likeness (QED) is 0.280. The minimum atomic E-state index is -0.994. The van der Waals surface area contributed by atoms with Gasteiger partial charge < -0.3 is 25.4 Å². The predicted molar refractivity (Wildman–Crippen MR) is 155 cm³/mol. The average Bonchev–Trinajstić information content (AvgIpc) is 3.25. The standard InChI is InChI=1S/C32H37FN4O3/c1-21-27-7-3-8-28(33)32(27)37(19-26(39)20-38)31(21)25-6-4-16-36(18-25)30(40)9-2-5-22-10-12-23(13-11-22)24-14-15-29(34)35-17-24/h3,7-8,10-15,17,25-26,38-39H,2,4-6,9,16,18-20H2,1H3,(H2,34,35). The summed E-state index contributed by atoms with van der Waals surface area (Å²) >= 11 is 0. The van der Waals surface area contributed by atoms with Crippen LogP contribution >= 0.6 is 0 Å². The molecule has 0 bridgehead atoms. The largest absolute Gasteiger partial charge is 0.394 e. The Morgan fingerprint density at radius 1 is 1.15 bits per heavy atom. The Bertz CT molecular complexity index is 1470. The zero-order valence-corrected chi connectivity index (χ0v) is 22.9. The molecule has 210 valence electrons. The highest BCUT2D eigenvalue weighted by molar-refractivity contribution is 5.86. The Labute approximate surface area is 234 Å². The van der Waals surface area contributed by atoms with Gasteiger partial charge in [-0.05, 0) is 67.5 Å². The van der Waals surface area contributed by atoms with Crippen LogP contribution < -0.4 is 5.73 Å². The van der Waals surface area contributed by atoms with Crippen LogP contribution in [0.3, 0.4) is 0 Å². The summed E-state index contributed by atoms with van der Waals surface area (Å²) in [6.45, 7) is 2.97. The van der Waals surface area contributed by atoms with Crippen LogP contribution in [-0.2, 0) is 17.8 Å². The summed E-state index contributed by atoms with van der Waals surface area (Å²) in [4.78, 5) is 19.3. The molecule has 1 aliphatic heterocycles. The summed E-state index contributed by atoms with van der Waals surface area (Å²) in [6, 6.07) is 17.1. The fourth-order valence-corrected chi connectivity index (χ4v) is 6.01. The number of aliphatic hydroxyl groups is 2. The van der Waals surface area contributed by atoms with Gasteiger partial charge >= 0.3 is 0 Å². The number of rotatable bonds is 9. The molecular formula is C32H37FN4O3. The van der Waals surface area contributed by atoms with Gasteiger partial charge in [0.05, 0.1) is 24.8 Å². The lowest BCUT2D eigenvalue weighted by atomic mass is 9.91. The first-order valence-corrected chi connectivity index (χ1v) is 14.0. The minimum Gasteiger partial charge on any atom is -0.394 e. The van der Waals surface area contributed by atoms with Crippen LogP contribution in [0.1, 0.15) is 48.4 Å². The number of amides is 1. The molecule has 2 aromatic carbocycles. The summed E-state index contributed by atoms with van der Waals surface area (Å²) in [6.07, 6.45) is 4.56. The van der Waals surface area contributed by atoms with Crippen molar-refractivity contribution in [2.24, 2.45) is 0 Å². The lowest BCUT2D eigenvalue weighted by Crippen LogP contribution is -2.40. The van der Waals surface area contributed by atoms with E-state index in [1.54, 1.807) is 18.3 Å². The topological polar surface area (TPSA) is 105 Å². The number of para-hydroxylation sites is 1. The molecule has 0 radical (unpaired) electrons. The van der Waals surface area contributed by atoms with Gasteiger partial charge in [-0.1, -0.05) is 36.4 Å². The highest BCUT2D eigenvalue weighted by atomic mass is 19.1. The van der Waals surface area contributed by atoms with E-state index in [2.05, 4.69) is 29.2 Å². The van der Waals surface area contributed by atoms with Crippen molar-refractivity contribution < 1.29 is 19.4 Å². The summed E-state index contributed by atoms with van der Waals surface area (Å²) in [5, 5.41) is 20.5. The highest BCUT2D eigenvalue weighted by Gasteiger charge is 2.30. The first-order chi connectivity index (χ1) is 19.4. The average molecular weight is 545 g/mol. The van der Waals surface area contributed by atoms with E-state index < -0.39 is 12.7 Å². The van der Waals surface area contributed by atoms with Crippen molar-refractivity contribution in [3.8, 4) is 11.1 Å². The number of anilines is 1. The number of nitrogen functional groups attached to an aromatic ring is 1. The number of benzene rings is 2. The number of carbonyl (C=O) groups excluding carboxylic acids is 1. The maximum atomic E-state index is 14.9. The minimum absolute atomic E-state index is 0.0331. The molecular weight excluding hydrogens is 507 g/mol. The van der Waals surface area contributed by atoms with Gasteiger partial charge in [0.2, 0.25) is 5.91 Å². The number of nitrogens with two attached hydrogens (primary N) is 1. The maximum absolute atomic E-state index is 14.9. The SMILES string of the molecule is Cc1c(C2CCCN(C(=O)CCCc3ccc(-c4ccc(N)nc4)cc3)C2)n(CC(O)CO)c2c(F)cccc12. The number of carbonyl (C=O) groups is 1. The summed E-state index contributed by atoms with van der Waals surface area (Å²) in [5.41, 5.74) is 11.3. The van der Waals surface area contributed by atoms with Crippen molar-refractivity contribution in [1.29, 1.82) is 0 Å². The Balaban J connectivity index is 1.24. The fraction of sp³-hybridized carbons (Fsp3) is 0.375. The molecule has 0 saturated carbocycles. The Hall–Kier alpha value is -3.75. The molecule has 3 heterocycles. The smallest absolute Gasteiger partial charge is 0.222 e.